The highest BCUT2D eigenvalue weighted by atomic mass is 35.5. The zero-order valence-corrected chi connectivity index (χ0v) is 11.3. The van der Waals surface area contributed by atoms with Crippen LogP contribution in [0.4, 0.5) is 5.69 Å². The Hall–Kier alpha value is -2.01. The predicted octanol–water partition coefficient (Wildman–Crippen LogP) is 1.95. The van der Waals surface area contributed by atoms with Crippen molar-refractivity contribution in [2.24, 2.45) is 0 Å². The molecule has 1 N–H and O–H groups in total. The molecular weight excluding hydrogens is 268 g/mol. The van der Waals surface area contributed by atoms with Gasteiger partial charge in [-0.3, -0.25) is 14.5 Å². The average molecular weight is 281 g/mol. The van der Waals surface area contributed by atoms with E-state index in [2.05, 4.69) is 5.32 Å². The van der Waals surface area contributed by atoms with Gasteiger partial charge in [-0.2, -0.15) is 0 Å². The Kier molecular flexibility index (Phi) is 3.76. The Labute approximate surface area is 115 Å². The average Bonchev–Trinajstić information content (AvgIpc) is 2.63. The third kappa shape index (κ3) is 2.42. The topological polar surface area (TPSA) is 58.6 Å². The Morgan fingerprint density at radius 3 is 2.32 bits per heavy atom. The minimum absolute atomic E-state index is 0.0809. The molecule has 1 aromatic rings. The first-order chi connectivity index (χ1) is 9.08. The van der Waals surface area contributed by atoms with Crippen LogP contribution in [0.2, 0.25) is 0 Å². The Morgan fingerprint density at radius 1 is 1.21 bits per heavy atom. The predicted molar refractivity (Wildman–Crippen MR) is 71.9 cm³/mol. The maximum absolute atomic E-state index is 12.0. The van der Waals surface area contributed by atoms with Gasteiger partial charge in [-0.15, -0.1) is 0 Å². The standard InChI is InChI=1S/C13H13ClN2O3/c1-3-16-12(17)10(14)11(13(16)18)15-8-4-6-9(19-2)7-5-8/h4-7,15H,3H2,1-2H3. The quantitative estimate of drug-likeness (QED) is 0.857. The first-order valence-corrected chi connectivity index (χ1v) is 6.13. The summed E-state index contributed by atoms with van der Waals surface area (Å²) in [4.78, 5) is 24.8. The van der Waals surface area contributed by atoms with Crippen LogP contribution < -0.4 is 10.1 Å². The molecule has 100 valence electrons. The highest BCUT2D eigenvalue weighted by molar-refractivity contribution is 6.48. The van der Waals surface area contributed by atoms with Crippen molar-refractivity contribution in [3.63, 3.8) is 0 Å². The number of halogens is 1. The van der Waals surface area contributed by atoms with Crippen molar-refractivity contribution in [2.75, 3.05) is 19.0 Å². The number of amides is 2. The summed E-state index contributed by atoms with van der Waals surface area (Å²) in [5.41, 5.74) is 0.770. The Morgan fingerprint density at radius 2 is 1.84 bits per heavy atom. The van der Waals surface area contributed by atoms with Crippen LogP contribution in [-0.2, 0) is 9.59 Å². The SMILES string of the molecule is CCN1C(=O)C(Cl)=C(Nc2ccc(OC)cc2)C1=O. The van der Waals surface area contributed by atoms with Crippen LogP contribution in [0, 0.1) is 0 Å². The van der Waals surface area contributed by atoms with E-state index in [0.717, 1.165) is 4.90 Å². The zero-order chi connectivity index (χ0) is 14.0. The molecule has 0 radical (unpaired) electrons. The van der Waals surface area contributed by atoms with Gasteiger partial charge in [-0.05, 0) is 31.2 Å². The first kappa shape index (κ1) is 13.4. The number of hydrogen-bond acceptors (Lipinski definition) is 4. The lowest BCUT2D eigenvalue weighted by molar-refractivity contribution is -0.136. The smallest absolute Gasteiger partial charge is 0.278 e. The summed E-state index contributed by atoms with van der Waals surface area (Å²) in [6.45, 7) is 2.01. The molecule has 1 aliphatic heterocycles. The van der Waals surface area contributed by atoms with Crippen molar-refractivity contribution in [3.05, 3.63) is 35.0 Å². The number of rotatable bonds is 4. The molecule has 5 nitrogen and oxygen atoms in total. The minimum atomic E-state index is -0.467. The number of carbonyl (C=O) groups excluding carboxylic acids is 2. The summed E-state index contributed by atoms with van der Waals surface area (Å²) in [6, 6.07) is 6.97. The number of carbonyl (C=O) groups is 2. The summed E-state index contributed by atoms with van der Waals surface area (Å²) in [5.74, 6) is -0.173. The van der Waals surface area contributed by atoms with Crippen molar-refractivity contribution >= 4 is 29.1 Å². The van der Waals surface area contributed by atoms with Crippen molar-refractivity contribution in [2.45, 2.75) is 6.92 Å². The summed E-state index contributed by atoms with van der Waals surface area (Å²) in [5, 5.41) is 2.79. The van der Waals surface area contributed by atoms with E-state index in [1.54, 1.807) is 38.3 Å². The fourth-order valence-corrected chi connectivity index (χ4v) is 1.99. The summed E-state index contributed by atoms with van der Waals surface area (Å²) in [7, 11) is 1.57. The summed E-state index contributed by atoms with van der Waals surface area (Å²) in [6.07, 6.45) is 0. The highest BCUT2D eigenvalue weighted by Gasteiger charge is 2.36. The molecule has 0 atom stereocenters. The van der Waals surface area contributed by atoms with E-state index in [9.17, 15) is 9.59 Å². The number of benzene rings is 1. The molecule has 0 saturated carbocycles. The van der Waals surface area contributed by atoms with E-state index < -0.39 is 11.8 Å². The van der Waals surface area contributed by atoms with Gasteiger partial charge in [-0.25, -0.2) is 0 Å². The fraction of sp³-hybridized carbons (Fsp3) is 0.231. The van der Waals surface area contributed by atoms with E-state index in [4.69, 9.17) is 16.3 Å². The van der Waals surface area contributed by atoms with Gasteiger partial charge in [0.15, 0.2) is 0 Å². The van der Waals surface area contributed by atoms with E-state index in [-0.39, 0.29) is 10.7 Å². The number of methoxy groups -OCH3 is 1. The van der Waals surface area contributed by atoms with Gasteiger partial charge in [-0.1, -0.05) is 11.6 Å². The molecule has 0 spiro atoms. The number of imide groups is 1. The molecule has 1 aromatic carbocycles. The second kappa shape index (κ2) is 5.32. The molecule has 0 bridgehead atoms. The van der Waals surface area contributed by atoms with Gasteiger partial charge in [0.2, 0.25) is 0 Å². The second-order valence-electron chi connectivity index (χ2n) is 3.90. The van der Waals surface area contributed by atoms with E-state index in [1.807, 2.05) is 0 Å². The van der Waals surface area contributed by atoms with Crippen molar-refractivity contribution in [3.8, 4) is 5.75 Å². The molecule has 0 aliphatic carbocycles. The summed E-state index contributed by atoms with van der Waals surface area (Å²) < 4.78 is 5.04. The van der Waals surface area contributed by atoms with Crippen LogP contribution in [0.5, 0.6) is 5.75 Å². The van der Waals surface area contributed by atoms with Crippen LogP contribution in [0.25, 0.3) is 0 Å². The molecule has 0 fully saturated rings. The van der Waals surface area contributed by atoms with Crippen LogP contribution >= 0.6 is 11.6 Å². The fourth-order valence-electron chi connectivity index (χ4n) is 1.76. The number of hydrogen-bond donors (Lipinski definition) is 1. The Bertz CT molecular complexity index is 552. The number of nitrogens with one attached hydrogen (secondary N) is 1. The lowest BCUT2D eigenvalue weighted by Crippen LogP contribution is -2.31. The number of nitrogens with zero attached hydrogens (tertiary/aromatic N) is 1. The largest absolute Gasteiger partial charge is 0.497 e. The van der Waals surface area contributed by atoms with Crippen molar-refractivity contribution < 1.29 is 14.3 Å². The maximum atomic E-state index is 12.0. The molecular formula is C13H13ClN2O3. The molecule has 2 rings (SSSR count). The van der Waals surface area contributed by atoms with Gasteiger partial charge >= 0.3 is 0 Å². The van der Waals surface area contributed by atoms with Gasteiger partial charge in [0, 0.05) is 12.2 Å². The molecule has 1 heterocycles. The number of anilines is 1. The van der Waals surface area contributed by atoms with Crippen molar-refractivity contribution in [1.82, 2.24) is 4.90 Å². The van der Waals surface area contributed by atoms with Crippen LogP contribution in [0.1, 0.15) is 6.92 Å². The van der Waals surface area contributed by atoms with E-state index >= 15 is 0 Å². The van der Waals surface area contributed by atoms with E-state index in [0.29, 0.717) is 18.0 Å². The minimum Gasteiger partial charge on any atom is -0.497 e. The molecule has 1 aliphatic rings. The zero-order valence-electron chi connectivity index (χ0n) is 10.6. The van der Waals surface area contributed by atoms with Gasteiger partial charge in [0.25, 0.3) is 11.8 Å². The monoisotopic (exact) mass is 280 g/mol. The third-order valence-electron chi connectivity index (χ3n) is 2.79. The van der Waals surface area contributed by atoms with E-state index in [1.165, 1.54) is 0 Å². The van der Waals surface area contributed by atoms with Crippen molar-refractivity contribution in [1.29, 1.82) is 0 Å². The number of ether oxygens (including phenoxy) is 1. The number of likely N-dealkylation sites (N-methyl/N-ethyl adjacent to an activating group) is 1. The van der Waals surface area contributed by atoms with Crippen LogP contribution in [-0.4, -0.2) is 30.4 Å². The van der Waals surface area contributed by atoms with Crippen LogP contribution in [0.3, 0.4) is 0 Å². The molecule has 2 amide bonds. The third-order valence-corrected chi connectivity index (χ3v) is 3.14. The normalized spacial score (nSPS) is 15.2. The second-order valence-corrected chi connectivity index (χ2v) is 4.28. The molecule has 19 heavy (non-hydrogen) atoms. The maximum Gasteiger partial charge on any atom is 0.278 e. The molecule has 0 unspecified atom stereocenters. The Balaban J connectivity index is 2.22. The first-order valence-electron chi connectivity index (χ1n) is 5.75. The summed E-state index contributed by atoms with van der Waals surface area (Å²) >= 11 is 5.89. The highest BCUT2D eigenvalue weighted by Crippen LogP contribution is 2.26. The lowest BCUT2D eigenvalue weighted by Gasteiger charge is -2.11. The molecule has 0 saturated heterocycles. The molecule has 6 heteroatoms. The van der Waals surface area contributed by atoms with Crippen LogP contribution in [0.15, 0.2) is 35.0 Å². The van der Waals surface area contributed by atoms with Gasteiger partial charge in [0.05, 0.1) is 7.11 Å². The van der Waals surface area contributed by atoms with Gasteiger partial charge < -0.3 is 10.1 Å². The van der Waals surface area contributed by atoms with Gasteiger partial charge in [0.1, 0.15) is 16.5 Å². The lowest BCUT2D eigenvalue weighted by atomic mass is 10.3. The molecule has 0 aromatic heterocycles.